The molecule has 3 rings (SSSR count). The summed E-state index contributed by atoms with van der Waals surface area (Å²) in [7, 11) is 0. The normalized spacial score (nSPS) is 10.7. The number of rotatable bonds is 6. The number of carbonyl (C=O) groups excluding carboxylic acids is 1. The van der Waals surface area contributed by atoms with Gasteiger partial charge in [-0.1, -0.05) is 35.5 Å². The Morgan fingerprint density at radius 2 is 2.09 bits per heavy atom. The van der Waals surface area contributed by atoms with Crippen LogP contribution in [-0.2, 0) is 17.6 Å². The number of thiazole rings is 1. The number of hydrogen-bond acceptors (Lipinski definition) is 6. The Kier molecular flexibility index (Phi) is 4.77. The van der Waals surface area contributed by atoms with E-state index in [9.17, 15) is 4.79 Å². The second-order valence-electron chi connectivity index (χ2n) is 5.02. The van der Waals surface area contributed by atoms with Crippen molar-refractivity contribution >= 4 is 17.2 Å². The topological polar surface area (TPSA) is 80.9 Å². The Morgan fingerprint density at radius 3 is 2.83 bits per heavy atom. The molecule has 1 aromatic carbocycles. The summed E-state index contributed by atoms with van der Waals surface area (Å²) in [4.78, 5) is 20.4. The van der Waals surface area contributed by atoms with E-state index in [0.29, 0.717) is 24.7 Å². The maximum Gasteiger partial charge on any atom is 0.227 e. The van der Waals surface area contributed by atoms with Gasteiger partial charge in [0.15, 0.2) is 5.82 Å². The lowest BCUT2D eigenvalue weighted by Gasteiger charge is -2.01. The van der Waals surface area contributed by atoms with Gasteiger partial charge in [0.05, 0.1) is 12.1 Å². The highest BCUT2D eigenvalue weighted by Gasteiger charge is 2.09. The second-order valence-corrected chi connectivity index (χ2v) is 5.87. The summed E-state index contributed by atoms with van der Waals surface area (Å²) >= 11 is 1.61. The van der Waals surface area contributed by atoms with Crippen LogP contribution in [0.4, 0.5) is 0 Å². The first-order valence-electron chi connectivity index (χ1n) is 7.26. The van der Waals surface area contributed by atoms with E-state index in [0.717, 1.165) is 16.3 Å². The summed E-state index contributed by atoms with van der Waals surface area (Å²) < 4.78 is 4.83. The molecule has 3 aromatic rings. The van der Waals surface area contributed by atoms with Crippen molar-refractivity contribution < 1.29 is 9.32 Å². The van der Waals surface area contributed by atoms with Crippen LogP contribution in [0.15, 0.2) is 40.2 Å². The van der Waals surface area contributed by atoms with E-state index >= 15 is 0 Å². The number of hydrogen-bond donors (Lipinski definition) is 1. The van der Waals surface area contributed by atoms with Gasteiger partial charge in [0, 0.05) is 30.8 Å². The highest BCUT2D eigenvalue weighted by molar-refractivity contribution is 7.13. The third kappa shape index (κ3) is 4.23. The predicted octanol–water partition coefficient (Wildman–Crippen LogP) is 2.40. The van der Waals surface area contributed by atoms with Crippen molar-refractivity contribution in [2.75, 3.05) is 6.54 Å². The fourth-order valence-corrected chi connectivity index (χ4v) is 2.94. The Labute approximate surface area is 137 Å². The molecule has 7 heteroatoms. The molecule has 2 heterocycles. The number of nitrogens with one attached hydrogen (secondary N) is 1. The van der Waals surface area contributed by atoms with Crippen LogP contribution in [-0.4, -0.2) is 27.6 Å². The van der Waals surface area contributed by atoms with Crippen LogP contribution in [0.1, 0.15) is 17.4 Å². The van der Waals surface area contributed by atoms with Gasteiger partial charge in [-0.15, -0.1) is 11.3 Å². The van der Waals surface area contributed by atoms with Crippen molar-refractivity contribution in [3.05, 3.63) is 53.1 Å². The maximum atomic E-state index is 11.8. The van der Waals surface area contributed by atoms with Crippen LogP contribution in [0.2, 0.25) is 0 Å². The number of nitrogens with zero attached hydrogens (tertiary/aromatic N) is 3. The first-order chi connectivity index (χ1) is 11.2. The number of amides is 1. The van der Waals surface area contributed by atoms with Gasteiger partial charge in [-0.25, -0.2) is 4.98 Å². The smallest absolute Gasteiger partial charge is 0.227 e. The summed E-state index contributed by atoms with van der Waals surface area (Å²) in [6.45, 7) is 2.23. The molecule has 0 radical (unpaired) electrons. The van der Waals surface area contributed by atoms with Crippen LogP contribution < -0.4 is 5.32 Å². The molecular formula is C16H16N4O2S. The molecule has 0 saturated carbocycles. The summed E-state index contributed by atoms with van der Waals surface area (Å²) in [5.41, 5.74) is 2.09. The van der Waals surface area contributed by atoms with E-state index in [1.54, 1.807) is 18.3 Å². The van der Waals surface area contributed by atoms with Gasteiger partial charge >= 0.3 is 0 Å². The molecule has 6 nitrogen and oxygen atoms in total. The fraction of sp³-hybridized carbons (Fsp3) is 0.250. The minimum Gasteiger partial charge on any atom is -0.355 e. The van der Waals surface area contributed by atoms with Gasteiger partial charge in [0.2, 0.25) is 11.8 Å². The molecule has 1 amide bonds. The highest BCUT2D eigenvalue weighted by atomic mass is 32.1. The third-order valence-electron chi connectivity index (χ3n) is 3.16. The standard InChI is InChI=1S/C16H16N4O2S/c1-11-18-14(20-22-11)9-15(21)17-8-7-13-10-23-16(19-13)12-5-3-2-4-6-12/h2-6,10H,7-9H2,1H3,(H,17,21). The Hall–Kier alpha value is -2.54. The largest absolute Gasteiger partial charge is 0.355 e. The molecule has 0 spiro atoms. The second kappa shape index (κ2) is 7.15. The van der Waals surface area contributed by atoms with Gasteiger partial charge in [0.1, 0.15) is 5.01 Å². The average molecular weight is 328 g/mol. The summed E-state index contributed by atoms with van der Waals surface area (Å²) in [6, 6.07) is 10.1. The van der Waals surface area contributed by atoms with Crippen LogP contribution >= 0.6 is 11.3 Å². The number of aromatic nitrogens is 3. The van der Waals surface area contributed by atoms with Crippen molar-refractivity contribution in [1.82, 2.24) is 20.4 Å². The van der Waals surface area contributed by atoms with Crippen LogP contribution in [0.25, 0.3) is 10.6 Å². The van der Waals surface area contributed by atoms with Crippen molar-refractivity contribution in [2.24, 2.45) is 0 Å². The van der Waals surface area contributed by atoms with Gasteiger partial charge in [0.25, 0.3) is 0 Å². The predicted molar refractivity (Wildman–Crippen MR) is 87.0 cm³/mol. The summed E-state index contributed by atoms with van der Waals surface area (Å²) in [5, 5.41) is 9.56. The highest BCUT2D eigenvalue weighted by Crippen LogP contribution is 2.23. The Bertz CT molecular complexity index is 782. The molecule has 118 valence electrons. The minimum atomic E-state index is -0.121. The van der Waals surface area contributed by atoms with Crippen molar-refractivity contribution in [1.29, 1.82) is 0 Å². The van der Waals surface area contributed by atoms with E-state index in [1.807, 2.05) is 35.7 Å². The van der Waals surface area contributed by atoms with Crippen LogP contribution in [0.3, 0.4) is 0 Å². The first-order valence-corrected chi connectivity index (χ1v) is 8.14. The third-order valence-corrected chi connectivity index (χ3v) is 4.10. The summed E-state index contributed by atoms with van der Waals surface area (Å²) in [6.07, 6.45) is 0.823. The average Bonchev–Trinajstić information content (AvgIpc) is 3.17. The molecule has 0 unspecified atom stereocenters. The van der Waals surface area contributed by atoms with Crippen molar-refractivity contribution in [3.63, 3.8) is 0 Å². The molecule has 1 N–H and O–H groups in total. The molecular weight excluding hydrogens is 312 g/mol. The van der Waals surface area contributed by atoms with E-state index in [2.05, 4.69) is 20.4 Å². The van der Waals surface area contributed by atoms with E-state index in [-0.39, 0.29) is 12.3 Å². The molecule has 23 heavy (non-hydrogen) atoms. The molecule has 0 aliphatic carbocycles. The van der Waals surface area contributed by atoms with Gasteiger partial charge in [-0.05, 0) is 0 Å². The van der Waals surface area contributed by atoms with Gasteiger partial charge < -0.3 is 9.84 Å². The molecule has 0 fully saturated rings. The van der Waals surface area contributed by atoms with Gasteiger partial charge in [-0.2, -0.15) is 4.98 Å². The molecule has 0 atom stereocenters. The molecule has 0 aliphatic rings. The molecule has 0 bridgehead atoms. The lowest BCUT2D eigenvalue weighted by Crippen LogP contribution is -2.27. The van der Waals surface area contributed by atoms with Crippen molar-refractivity contribution in [3.8, 4) is 10.6 Å². The minimum absolute atomic E-state index is 0.121. The zero-order chi connectivity index (χ0) is 16.1. The Morgan fingerprint density at radius 1 is 1.26 bits per heavy atom. The SMILES string of the molecule is Cc1nc(CC(=O)NCCc2csc(-c3ccccc3)n2)no1. The molecule has 0 aliphatic heterocycles. The van der Waals surface area contributed by atoms with E-state index in [4.69, 9.17) is 4.52 Å². The number of carbonyl (C=O) groups is 1. The monoisotopic (exact) mass is 328 g/mol. The van der Waals surface area contributed by atoms with E-state index in [1.165, 1.54) is 0 Å². The van der Waals surface area contributed by atoms with Crippen LogP contribution in [0.5, 0.6) is 0 Å². The number of aryl methyl sites for hydroxylation is 1. The maximum absolute atomic E-state index is 11.8. The zero-order valence-electron chi connectivity index (χ0n) is 12.7. The Balaban J connectivity index is 1.47. The fourth-order valence-electron chi connectivity index (χ4n) is 2.08. The quantitative estimate of drug-likeness (QED) is 0.751. The molecule has 2 aromatic heterocycles. The lowest BCUT2D eigenvalue weighted by atomic mass is 10.2. The van der Waals surface area contributed by atoms with Crippen molar-refractivity contribution in [2.45, 2.75) is 19.8 Å². The van der Waals surface area contributed by atoms with E-state index < -0.39 is 0 Å². The van der Waals surface area contributed by atoms with Crippen LogP contribution in [0, 0.1) is 6.92 Å². The first kappa shape index (κ1) is 15.4. The lowest BCUT2D eigenvalue weighted by molar-refractivity contribution is -0.120. The molecule has 0 saturated heterocycles. The summed E-state index contributed by atoms with van der Waals surface area (Å²) in [5.74, 6) is 0.744. The van der Waals surface area contributed by atoms with Gasteiger partial charge in [-0.3, -0.25) is 4.79 Å². The number of benzene rings is 1. The zero-order valence-corrected chi connectivity index (χ0v) is 13.5.